The molecule has 14 heavy (non-hydrogen) atoms. The molecule has 0 aromatic carbocycles. The monoisotopic (exact) mass is 201 g/mol. The summed E-state index contributed by atoms with van der Waals surface area (Å²) in [4.78, 5) is 0. The van der Waals surface area contributed by atoms with E-state index in [1.54, 1.807) is 0 Å². The third kappa shape index (κ3) is 3.56. The highest BCUT2D eigenvalue weighted by molar-refractivity contribution is 4.83. The van der Waals surface area contributed by atoms with Gasteiger partial charge < -0.3 is 15.5 Å². The Bertz CT molecular complexity index is 171. The molecule has 1 aliphatic rings. The Hall–Kier alpha value is -0.120. The third-order valence-corrected chi connectivity index (χ3v) is 3.24. The Morgan fingerprint density at radius 1 is 1.36 bits per heavy atom. The first kappa shape index (κ1) is 12.0. The second kappa shape index (κ2) is 5.10. The summed E-state index contributed by atoms with van der Waals surface area (Å²) in [5.74, 6) is 0. The maximum atomic E-state index is 9.80. The molecule has 3 nitrogen and oxygen atoms in total. The lowest BCUT2D eigenvalue weighted by Gasteiger charge is -2.31. The van der Waals surface area contributed by atoms with E-state index in [4.69, 9.17) is 0 Å². The van der Waals surface area contributed by atoms with Crippen LogP contribution in [0.3, 0.4) is 0 Å². The van der Waals surface area contributed by atoms with Crippen LogP contribution in [0.5, 0.6) is 0 Å². The molecule has 0 spiro atoms. The van der Waals surface area contributed by atoms with Crippen molar-refractivity contribution in [1.29, 1.82) is 0 Å². The van der Waals surface area contributed by atoms with Crippen molar-refractivity contribution < 1.29 is 10.2 Å². The Balaban J connectivity index is 2.29. The highest BCUT2D eigenvalue weighted by Crippen LogP contribution is 2.19. The molecule has 3 atom stereocenters. The van der Waals surface area contributed by atoms with Crippen LogP contribution in [0.2, 0.25) is 0 Å². The van der Waals surface area contributed by atoms with Crippen LogP contribution in [-0.4, -0.2) is 34.5 Å². The Kier molecular flexibility index (Phi) is 4.35. The summed E-state index contributed by atoms with van der Waals surface area (Å²) in [5, 5.41) is 22.8. The van der Waals surface area contributed by atoms with Crippen LogP contribution in [0, 0.1) is 0 Å². The van der Waals surface area contributed by atoms with Crippen molar-refractivity contribution in [3.63, 3.8) is 0 Å². The van der Waals surface area contributed by atoms with Crippen molar-refractivity contribution in [2.75, 3.05) is 6.54 Å². The fraction of sp³-hybridized carbons (Fsp3) is 1.00. The van der Waals surface area contributed by atoms with E-state index in [9.17, 15) is 10.2 Å². The summed E-state index contributed by atoms with van der Waals surface area (Å²) in [5.41, 5.74) is -0.642. The van der Waals surface area contributed by atoms with Crippen LogP contribution in [0.25, 0.3) is 0 Å². The first-order valence-electron chi connectivity index (χ1n) is 5.69. The third-order valence-electron chi connectivity index (χ3n) is 3.24. The lowest BCUT2D eigenvalue weighted by Crippen LogP contribution is -2.48. The zero-order valence-corrected chi connectivity index (χ0v) is 9.29. The normalized spacial score (nSPS) is 32.6. The largest absolute Gasteiger partial charge is 0.392 e. The molecule has 0 aromatic heterocycles. The van der Waals surface area contributed by atoms with Gasteiger partial charge in [0.05, 0.1) is 11.7 Å². The van der Waals surface area contributed by atoms with E-state index >= 15 is 0 Å². The van der Waals surface area contributed by atoms with Gasteiger partial charge in [-0.2, -0.15) is 0 Å². The van der Waals surface area contributed by atoms with Crippen molar-refractivity contribution in [3.8, 4) is 0 Å². The first-order chi connectivity index (χ1) is 6.55. The van der Waals surface area contributed by atoms with E-state index < -0.39 is 5.60 Å². The van der Waals surface area contributed by atoms with Crippen molar-refractivity contribution >= 4 is 0 Å². The van der Waals surface area contributed by atoms with Crippen LogP contribution in [0.1, 0.15) is 46.0 Å². The van der Waals surface area contributed by atoms with E-state index in [-0.39, 0.29) is 12.1 Å². The lowest BCUT2D eigenvalue weighted by atomic mass is 9.92. The number of aliphatic hydroxyl groups excluding tert-OH is 1. The van der Waals surface area contributed by atoms with Crippen LogP contribution in [0.4, 0.5) is 0 Å². The molecule has 1 fully saturated rings. The maximum absolute atomic E-state index is 9.80. The molecule has 84 valence electrons. The van der Waals surface area contributed by atoms with Gasteiger partial charge >= 0.3 is 0 Å². The minimum atomic E-state index is -0.642. The summed E-state index contributed by atoms with van der Waals surface area (Å²) in [6.07, 6.45) is 4.75. The minimum Gasteiger partial charge on any atom is -0.392 e. The number of hydrogen-bond donors (Lipinski definition) is 3. The van der Waals surface area contributed by atoms with Gasteiger partial charge in [-0.3, -0.25) is 0 Å². The maximum Gasteiger partial charge on any atom is 0.0741 e. The van der Waals surface area contributed by atoms with Crippen LogP contribution >= 0.6 is 0 Å². The number of rotatable bonds is 4. The van der Waals surface area contributed by atoms with Gasteiger partial charge in [-0.15, -0.1) is 0 Å². The van der Waals surface area contributed by atoms with Gasteiger partial charge in [-0.1, -0.05) is 19.8 Å². The van der Waals surface area contributed by atoms with Gasteiger partial charge in [0.1, 0.15) is 0 Å². The summed E-state index contributed by atoms with van der Waals surface area (Å²) in [7, 11) is 0. The molecule has 1 rings (SSSR count). The zero-order chi connectivity index (χ0) is 10.6. The molecule has 3 N–H and O–H groups in total. The fourth-order valence-corrected chi connectivity index (χ4v) is 1.83. The molecule has 1 saturated carbocycles. The number of hydrogen-bond acceptors (Lipinski definition) is 3. The van der Waals surface area contributed by atoms with Crippen LogP contribution in [0.15, 0.2) is 0 Å². The molecule has 0 heterocycles. The molecule has 0 saturated heterocycles. The van der Waals surface area contributed by atoms with Crippen molar-refractivity contribution in [2.24, 2.45) is 0 Å². The van der Waals surface area contributed by atoms with E-state index in [1.165, 1.54) is 6.42 Å². The highest BCUT2D eigenvalue weighted by atomic mass is 16.3. The summed E-state index contributed by atoms with van der Waals surface area (Å²) >= 11 is 0. The van der Waals surface area contributed by atoms with Gasteiger partial charge in [0.2, 0.25) is 0 Å². The molecule has 0 bridgehead atoms. The Morgan fingerprint density at radius 3 is 2.57 bits per heavy atom. The predicted molar refractivity (Wildman–Crippen MR) is 57.2 cm³/mol. The minimum absolute atomic E-state index is 0.182. The quantitative estimate of drug-likeness (QED) is 0.637. The average molecular weight is 201 g/mol. The van der Waals surface area contributed by atoms with Crippen molar-refractivity contribution in [2.45, 2.75) is 63.7 Å². The second-order valence-corrected chi connectivity index (χ2v) is 4.69. The van der Waals surface area contributed by atoms with Gasteiger partial charge in [0.15, 0.2) is 0 Å². The Morgan fingerprint density at radius 2 is 2.00 bits per heavy atom. The van der Waals surface area contributed by atoms with E-state index in [0.717, 1.165) is 25.7 Å². The van der Waals surface area contributed by atoms with Gasteiger partial charge in [0.25, 0.3) is 0 Å². The molecule has 0 aliphatic heterocycles. The molecular formula is C11H23NO2. The smallest absolute Gasteiger partial charge is 0.0741 e. The van der Waals surface area contributed by atoms with Crippen molar-refractivity contribution in [3.05, 3.63) is 0 Å². The average Bonchev–Trinajstić information content (AvgIpc) is 2.17. The van der Waals surface area contributed by atoms with Gasteiger partial charge in [0, 0.05) is 12.6 Å². The highest BCUT2D eigenvalue weighted by Gasteiger charge is 2.25. The summed E-state index contributed by atoms with van der Waals surface area (Å²) < 4.78 is 0. The lowest BCUT2D eigenvalue weighted by molar-refractivity contribution is 0.0346. The molecule has 0 radical (unpaired) electrons. The molecule has 3 unspecified atom stereocenters. The number of nitrogens with one attached hydrogen (secondary N) is 1. The topological polar surface area (TPSA) is 52.5 Å². The molecule has 0 amide bonds. The van der Waals surface area contributed by atoms with Gasteiger partial charge in [-0.05, 0) is 26.2 Å². The first-order valence-corrected chi connectivity index (χ1v) is 5.69. The number of aliphatic hydroxyl groups is 2. The Labute approximate surface area is 86.5 Å². The van der Waals surface area contributed by atoms with E-state index in [1.807, 2.05) is 13.8 Å². The predicted octanol–water partition coefficient (Wildman–Crippen LogP) is 1.04. The van der Waals surface area contributed by atoms with Crippen LogP contribution in [-0.2, 0) is 0 Å². The zero-order valence-electron chi connectivity index (χ0n) is 9.29. The summed E-state index contributed by atoms with van der Waals surface area (Å²) in [6.45, 7) is 4.37. The fourth-order valence-electron chi connectivity index (χ4n) is 1.83. The molecule has 3 heteroatoms. The van der Waals surface area contributed by atoms with E-state index in [0.29, 0.717) is 6.54 Å². The van der Waals surface area contributed by atoms with Crippen molar-refractivity contribution in [1.82, 2.24) is 5.32 Å². The molecule has 0 aromatic rings. The second-order valence-electron chi connectivity index (χ2n) is 4.69. The SMILES string of the molecule is CCC(C)(O)CNC1CCCCC1O. The van der Waals surface area contributed by atoms with E-state index in [2.05, 4.69) is 5.32 Å². The van der Waals surface area contributed by atoms with Crippen LogP contribution < -0.4 is 5.32 Å². The molecular weight excluding hydrogens is 178 g/mol. The molecule has 1 aliphatic carbocycles. The summed E-state index contributed by atoms with van der Waals surface area (Å²) in [6, 6.07) is 0.182. The van der Waals surface area contributed by atoms with Gasteiger partial charge in [-0.25, -0.2) is 0 Å². The standard InChI is InChI=1S/C11H23NO2/c1-3-11(2,14)8-12-9-6-4-5-7-10(9)13/h9-10,12-14H,3-8H2,1-2H3.